The van der Waals surface area contributed by atoms with E-state index in [4.69, 9.17) is 10.00 Å². The molecule has 1 heterocycles. The molecule has 0 aromatic heterocycles. The molecule has 19 heavy (non-hydrogen) atoms. The molecule has 1 aromatic rings. The average molecular weight is 280 g/mol. The second kappa shape index (κ2) is 5.70. The molecular weight excluding hydrogens is 264 g/mol. The molecule has 1 N–H and O–H groups in total. The molecule has 5 nitrogen and oxygen atoms in total. The van der Waals surface area contributed by atoms with Crippen LogP contribution < -0.4 is 4.72 Å². The Labute approximate surface area is 113 Å². The second-order valence-corrected chi connectivity index (χ2v) is 6.32. The van der Waals surface area contributed by atoms with Crippen LogP contribution in [-0.2, 0) is 14.8 Å². The molecule has 6 heteroatoms. The fourth-order valence-electron chi connectivity index (χ4n) is 2.13. The Kier molecular flexibility index (Phi) is 4.20. The van der Waals surface area contributed by atoms with E-state index in [9.17, 15) is 8.42 Å². The summed E-state index contributed by atoms with van der Waals surface area (Å²) >= 11 is 0. The van der Waals surface area contributed by atoms with Gasteiger partial charge in [-0.05, 0) is 25.5 Å². The molecule has 2 unspecified atom stereocenters. The van der Waals surface area contributed by atoms with Crippen molar-refractivity contribution in [2.45, 2.75) is 24.3 Å². The van der Waals surface area contributed by atoms with E-state index in [0.29, 0.717) is 13.2 Å². The summed E-state index contributed by atoms with van der Waals surface area (Å²) < 4.78 is 32.3. The number of nitrogens with one attached hydrogen (secondary N) is 1. The topological polar surface area (TPSA) is 79.2 Å². The molecule has 0 radical (unpaired) electrons. The summed E-state index contributed by atoms with van der Waals surface area (Å²) in [6.07, 6.45) is 0.915. The first-order chi connectivity index (χ1) is 9.04. The number of ether oxygens (including phenoxy) is 1. The third kappa shape index (κ3) is 3.13. The molecule has 0 spiro atoms. The standard InChI is InChI=1S/C13H16N2O3S/c1-10-12(6-7-18-10)9-15-19(16,17)13-5-3-2-4-11(13)8-14/h2-5,10,12,15H,6-7,9H2,1H3. The van der Waals surface area contributed by atoms with Crippen LogP contribution in [-0.4, -0.2) is 27.7 Å². The van der Waals surface area contributed by atoms with Crippen molar-refractivity contribution < 1.29 is 13.2 Å². The first-order valence-corrected chi connectivity index (χ1v) is 7.63. The van der Waals surface area contributed by atoms with Gasteiger partial charge >= 0.3 is 0 Å². The highest BCUT2D eigenvalue weighted by Crippen LogP contribution is 2.21. The van der Waals surface area contributed by atoms with Gasteiger partial charge in [-0.2, -0.15) is 5.26 Å². The van der Waals surface area contributed by atoms with E-state index in [0.717, 1.165) is 6.42 Å². The Balaban J connectivity index is 2.12. The van der Waals surface area contributed by atoms with Gasteiger partial charge in [0.25, 0.3) is 0 Å². The normalized spacial score (nSPS) is 23.2. The van der Waals surface area contributed by atoms with Gasteiger partial charge in [-0.3, -0.25) is 0 Å². The van der Waals surface area contributed by atoms with Gasteiger partial charge in [-0.15, -0.1) is 0 Å². The van der Waals surface area contributed by atoms with E-state index in [2.05, 4.69) is 4.72 Å². The lowest BCUT2D eigenvalue weighted by Gasteiger charge is -2.15. The van der Waals surface area contributed by atoms with Gasteiger partial charge < -0.3 is 4.74 Å². The van der Waals surface area contributed by atoms with Crippen LogP contribution >= 0.6 is 0 Å². The van der Waals surface area contributed by atoms with Crippen LogP contribution in [0.4, 0.5) is 0 Å². The monoisotopic (exact) mass is 280 g/mol. The van der Waals surface area contributed by atoms with Crippen molar-refractivity contribution in [3.05, 3.63) is 29.8 Å². The van der Waals surface area contributed by atoms with Gasteiger partial charge in [0, 0.05) is 19.1 Å². The number of rotatable bonds is 4. The summed E-state index contributed by atoms with van der Waals surface area (Å²) in [7, 11) is -3.64. The van der Waals surface area contributed by atoms with Crippen LogP contribution in [0.2, 0.25) is 0 Å². The molecular formula is C13H16N2O3S. The fourth-order valence-corrected chi connectivity index (χ4v) is 3.38. The number of nitriles is 1. The molecule has 0 aliphatic carbocycles. The highest BCUT2D eigenvalue weighted by molar-refractivity contribution is 7.89. The molecule has 1 fully saturated rings. The highest BCUT2D eigenvalue weighted by Gasteiger charge is 2.26. The summed E-state index contributed by atoms with van der Waals surface area (Å²) in [5.41, 5.74) is 0.158. The van der Waals surface area contributed by atoms with E-state index in [1.807, 2.05) is 13.0 Å². The summed E-state index contributed by atoms with van der Waals surface area (Å²) in [4.78, 5) is 0.0315. The van der Waals surface area contributed by atoms with E-state index >= 15 is 0 Å². The van der Waals surface area contributed by atoms with Crippen LogP contribution in [0.25, 0.3) is 0 Å². The molecule has 0 amide bonds. The molecule has 102 valence electrons. The van der Waals surface area contributed by atoms with Gasteiger partial charge in [-0.1, -0.05) is 12.1 Å². The summed E-state index contributed by atoms with van der Waals surface area (Å²) in [5, 5.41) is 8.94. The van der Waals surface area contributed by atoms with Gasteiger partial charge in [0.1, 0.15) is 6.07 Å². The van der Waals surface area contributed by atoms with E-state index < -0.39 is 10.0 Å². The number of hydrogen-bond acceptors (Lipinski definition) is 4. The van der Waals surface area contributed by atoms with Crippen molar-refractivity contribution in [1.82, 2.24) is 4.72 Å². The van der Waals surface area contributed by atoms with Gasteiger partial charge in [0.15, 0.2) is 0 Å². The number of hydrogen-bond donors (Lipinski definition) is 1. The Morgan fingerprint density at radius 3 is 2.84 bits per heavy atom. The molecule has 1 aliphatic rings. The van der Waals surface area contributed by atoms with Crippen LogP contribution in [0, 0.1) is 17.2 Å². The minimum Gasteiger partial charge on any atom is -0.378 e. The first kappa shape index (κ1) is 14.0. The summed E-state index contributed by atoms with van der Waals surface area (Å²) in [5.74, 6) is 0.184. The predicted molar refractivity (Wildman–Crippen MR) is 69.9 cm³/mol. The van der Waals surface area contributed by atoms with Crippen molar-refractivity contribution >= 4 is 10.0 Å². The maximum Gasteiger partial charge on any atom is 0.241 e. The molecule has 1 aromatic carbocycles. The molecule has 2 atom stereocenters. The fraction of sp³-hybridized carbons (Fsp3) is 0.462. The Bertz CT molecular complexity index is 592. The number of nitrogens with zero attached hydrogens (tertiary/aromatic N) is 1. The van der Waals surface area contributed by atoms with Crippen LogP contribution in [0.1, 0.15) is 18.9 Å². The average Bonchev–Trinajstić information content (AvgIpc) is 2.82. The number of benzene rings is 1. The maximum atomic E-state index is 12.2. The summed E-state index contributed by atoms with van der Waals surface area (Å²) in [6.45, 7) is 2.95. The minimum absolute atomic E-state index is 0.0315. The number of sulfonamides is 1. The van der Waals surface area contributed by atoms with Gasteiger partial charge in [-0.25, -0.2) is 13.1 Å². The minimum atomic E-state index is -3.64. The van der Waals surface area contributed by atoms with Crippen LogP contribution in [0.3, 0.4) is 0 Å². The quantitative estimate of drug-likeness (QED) is 0.900. The van der Waals surface area contributed by atoms with E-state index in [-0.39, 0.29) is 22.5 Å². The molecule has 0 saturated carbocycles. The van der Waals surface area contributed by atoms with E-state index in [1.165, 1.54) is 12.1 Å². The predicted octanol–water partition coefficient (Wildman–Crippen LogP) is 1.26. The Morgan fingerprint density at radius 1 is 1.47 bits per heavy atom. The Morgan fingerprint density at radius 2 is 2.21 bits per heavy atom. The molecule has 1 aliphatic heterocycles. The first-order valence-electron chi connectivity index (χ1n) is 6.15. The van der Waals surface area contributed by atoms with Crippen LogP contribution in [0.5, 0.6) is 0 Å². The van der Waals surface area contributed by atoms with Crippen molar-refractivity contribution in [2.24, 2.45) is 5.92 Å². The van der Waals surface area contributed by atoms with Crippen molar-refractivity contribution in [3.8, 4) is 6.07 Å². The summed E-state index contributed by atoms with van der Waals surface area (Å²) in [6, 6.07) is 8.08. The van der Waals surface area contributed by atoms with Crippen molar-refractivity contribution in [2.75, 3.05) is 13.2 Å². The molecule has 1 saturated heterocycles. The lowest BCUT2D eigenvalue weighted by atomic mass is 10.0. The van der Waals surface area contributed by atoms with Crippen LogP contribution in [0.15, 0.2) is 29.2 Å². The van der Waals surface area contributed by atoms with Gasteiger partial charge in [0.2, 0.25) is 10.0 Å². The van der Waals surface area contributed by atoms with Crippen molar-refractivity contribution in [3.63, 3.8) is 0 Å². The van der Waals surface area contributed by atoms with Crippen molar-refractivity contribution in [1.29, 1.82) is 5.26 Å². The second-order valence-electron chi connectivity index (χ2n) is 4.58. The molecule has 2 rings (SSSR count). The smallest absolute Gasteiger partial charge is 0.241 e. The lowest BCUT2D eigenvalue weighted by molar-refractivity contribution is 0.107. The zero-order chi connectivity index (χ0) is 13.9. The van der Waals surface area contributed by atoms with E-state index in [1.54, 1.807) is 12.1 Å². The SMILES string of the molecule is CC1OCCC1CNS(=O)(=O)c1ccccc1C#N. The largest absolute Gasteiger partial charge is 0.378 e. The zero-order valence-electron chi connectivity index (χ0n) is 10.7. The Hall–Kier alpha value is -1.42. The highest BCUT2D eigenvalue weighted by atomic mass is 32.2. The third-order valence-corrected chi connectivity index (χ3v) is 4.85. The lowest BCUT2D eigenvalue weighted by Crippen LogP contribution is -2.32. The third-order valence-electron chi connectivity index (χ3n) is 3.37. The molecule has 0 bridgehead atoms. The maximum absolute atomic E-state index is 12.2. The van der Waals surface area contributed by atoms with Gasteiger partial charge in [0.05, 0.1) is 16.6 Å². The zero-order valence-corrected chi connectivity index (χ0v) is 11.5.